The summed E-state index contributed by atoms with van der Waals surface area (Å²) >= 11 is 0. The van der Waals surface area contributed by atoms with Crippen molar-refractivity contribution in [3.05, 3.63) is 0 Å². The number of rotatable bonds is 3. The Kier molecular flexibility index (Phi) is 1.43. The number of hydrogen-bond donors (Lipinski definition) is 1. The van der Waals surface area contributed by atoms with E-state index in [1.807, 2.05) is 0 Å². The topological polar surface area (TPSA) is 24.4 Å². The van der Waals surface area contributed by atoms with E-state index in [-0.39, 0.29) is 0 Å². The van der Waals surface area contributed by atoms with Gasteiger partial charge in [-0.25, -0.2) is 0 Å². The van der Waals surface area contributed by atoms with E-state index < -0.39 is 0 Å². The van der Waals surface area contributed by atoms with Crippen molar-refractivity contribution in [1.82, 2.24) is 5.43 Å². The van der Waals surface area contributed by atoms with Gasteiger partial charge in [0.2, 0.25) is 0 Å². The summed E-state index contributed by atoms with van der Waals surface area (Å²) in [4.78, 5) is 0. The fourth-order valence-electron chi connectivity index (χ4n) is 1.97. The van der Waals surface area contributed by atoms with Crippen LogP contribution in [0.2, 0.25) is 0 Å². The predicted octanol–water partition coefficient (Wildman–Crippen LogP) is 1.91. The molecule has 0 aromatic rings. The standard InChI is InChI=1S/C10H16N2/c1-2-7(1)9-5-6-10(9)12-11-8-3-4-8/h7-9,11H,1-6H2/b12-10+. The van der Waals surface area contributed by atoms with E-state index in [2.05, 4.69) is 10.5 Å². The molecule has 0 bridgehead atoms. The quantitative estimate of drug-likeness (QED) is 0.633. The highest BCUT2D eigenvalue weighted by molar-refractivity contribution is 5.92. The first kappa shape index (κ1) is 6.93. The molecule has 0 amide bonds. The molecule has 3 aliphatic carbocycles. The molecule has 0 aromatic carbocycles. The Morgan fingerprint density at radius 2 is 1.92 bits per heavy atom. The highest BCUT2D eigenvalue weighted by Crippen LogP contribution is 2.45. The van der Waals surface area contributed by atoms with E-state index in [1.165, 1.54) is 44.2 Å². The molecule has 0 radical (unpaired) electrons. The zero-order valence-corrected chi connectivity index (χ0v) is 7.42. The van der Waals surface area contributed by atoms with Gasteiger partial charge in [0.1, 0.15) is 0 Å². The van der Waals surface area contributed by atoms with Gasteiger partial charge in [-0.05, 0) is 44.4 Å². The van der Waals surface area contributed by atoms with Crippen LogP contribution in [0, 0.1) is 11.8 Å². The SMILES string of the molecule is C1CC(C2CC2)/C1=N/NC1CC1. The third-order valence-electron chi connectivity index (χ3n) is 3.30. The number of hydrogen-bond acceptors (Lipinski definition) is 2. The van der Waals surface area contributed by atoms with Crippen LogP contribution < -0.4 is 5.43 Å². The zero-order chi connectivity index (χ0) is 7.97. The third kappa shape index (κ3) is 1.23. The summed E-state index contributed by atoms with van der Waals surface area (Å²) in [6, 6.07) is 0.734. The average Bonchev–Trinajstić information content (AvgIpc) is 2.79. The second-order valence-electron chi connectivity index (χ2n) is 4.49. The molecule has 1 unspecified atom stereocenters. The Morgan fingerprint density at radius 1 is 1.08 bits per heavy atom. The molecule has 3 fully saturated rings. The number of nitrogens with one attached hydrogen (secondary N) is 1. The lowest BCUT2D eigenvalue weighted by Gasteiger charge is -2.28. The van der Waals surface area contributed by atoms with Crippen LogP contribution in [-0.4, -0.2) is 11.8 Å². The number of hydrazone groups is 1. The lowest BCUT2D eigenvalue weighted by Crippen LogP contribution is -2.30. The monoisotopic (exact) mass is 164 g/mol. The van der Waals surface area contributed by atoms with E-state index in [4.69, 9.17) is 0 Å². The normalized spacial score (nSPS) is 38.0. The summed E-state index contributed by atoms with van der Waals surface area (Å²) in [6.07, 6.45) is 8.28. The Hall–Kier alpha value is -0.530. The van der Waals surface area contributed by atoms with Crippen molar-refractivity contribution < 1.29 is 0 Å². The van der Waals surface area contributed by atoms with Gasteiger partial charge >= 0.3 is 0 Å². The van der Waals surface area contributed by atoms with Crippen LogP contribution >= 0.6 is 0 Å². The second-order valence-corrected chi connectivity index (χ2v) is 4.49. The molecule has 2 heteroatoms. The van der Waals surface area contributed by atoms with Crippen molar-refractivity contribution in [2.24, 2.45) is 16.9 Å². The fraction of sp³-hybridized carbons (Fsp3) is 0.900. The molecular weight excluding hydrogens is 148 g/mol. The van der Waals surface area contributed by atoms with Crippen molar-refractivity contribution in [1.29, 1.82) is 0 Å². The molecule has 3 rings (SSSR count). The smallest absolute Gasteiger partial charge is 0.0441 e. The molecule has 0 aliphatic heterocycles. The lowest BCUT2D eigenvalue weighted by atomic mass is 9.79. The maximum Gasteiger partial charge on any atom is 0.0441 e. The molecule has 0 aromatic heterocycles. The van der Waals surface area contributed by atoms with E-state index in [9.17, 15) is 0 Å². The van der Waals surface area contributed by atoms with E-state index in [0.717, 1.165) is 17.9 Å². The van der Waals surface area contributed by atoms with Gasteiger partial charge in [0, 0.05) is 17.7 Å². The molecule has 0 heterocycles. The minimum Gasteiger partial charge on any atom is -0.307 e. The van der Waals surface area contributed by atoms with E-state index in [1.54, 1.807) is 0 Å². The van der Waals surface area contributed by atoms with Gasteiger partial charge in [0.15, 0.2) is 0 Å². The van der Waals surface area contributed by atoms with Gasteiger partial charge in [-0.1, -0.05) is 0 Å². The molecule has 0 saturated heterocycles. The van der Waals surface area contributed by atoms with Crippen LogP contribution in [-0.2, 0) is 0 Å². The average molecular weight is 164 g/mol. The van der Waals surface area contributed by atoms with Gasteiger partial charge in [-0.15, -0.1) is 0 Å². The molecule has 0 spiro atoms. The molecular formula is C10H16N2. The summed E-state index contributed by atoms with van der Waals surface area (Å²) in [6.45, 7) is 0. The first-order chi connectivity index (χ1) is 5.93. The number of nitrogens with zero attached hydrogens (tertiary/aromatic N) is 1. The van der Waals surface area contributed by atoms with Gasteiger partial charge < -0.3 is 5.43 Å². The van der Waals surface area contributed by atoms with Crippen molar-refractivity contribution >= 4 is 5.71 Å². The van der Waals surface area contributed by atoms with Crippen LogP contribution in [0.3, 0.4) is 0 Å². The Morgan fingerprint density at radius 3 is 2.42 bits per heavy atom. The van der Waals surface area contributed by atoms with E-state index in [0.29, 0.717) is 0 Å². The van der Waals surface area contributed by atoms with Crippen LogP contribution in [0.4, 0.5) is 0 Å². The van der Waals surface area contributed by atoms with Crippen LogP contribution in [0.5, 0.6) is 0 Å². The van der Waals surface area contributed by atoms with Crippen LogP contribution in [0.1, 0.15) is 38.5 Å². The molecule has 3 saturated carbocycles. The first-order valence-electron chi connectivity index (χ1n) is 5.25. The van der Waals surface area contributed by atoms with Crippen molar-refractivity contribution in [3.63, 3.8) is 0 Å². The third-order valence-corrected chi connectivity index (χ3v) is 3.30. The van der Waals surface area contributed by atoms with Gasteiger partial charge in [0.05, 0.1) is 0 Å². The summed E-state index contributed by atoms with van der Waals surface area (Å²) < 4.78 is 0. The Labute approximate surface area is 73.4 Å². The Bertz CT molecular complexity index is 214. The van der Waals surface area contributed by atoms with E-state index >= 15 is 0 Å². The van der Waals surface area contributed by atoms with Gasteiger partial charge in [0.25, 0.3) is 0 Å². The maximum atomic E-state index is 4.50. The van der Waals surface area contributed by atoms with Gasteiger partial charge in [-0.3, -0.25) is 0 Å². The minimum atomic E-state index is 0.734. The zero-order valence-electron chi connectivity index (χ0n) is 7.42. The van der Waals surface area contributed by atoms with Gasteiger partial charge in [-0.2, -0.15) is 5.10 Å². The highest BCUT2D eigenvalue weighted by atomic mass is 15.3. The Balaban J connectivity index is 1.56. The molecule has 1 atom stereocenters. The second kappa shape index (κ2) is 2.48. The van der Waals surface area contributed by atoms with Crippen molar-refractivity contribution in [2.45, 2.75) is 44.6 Å². The lowest BCUT2D eigenvalue weighted by molar-refractivity contribution is 0.483. The summed E-state index contributed by atoms with van der Waals surface area (Å²) in [5.74, 6) is 1.91. The summed E-state index contributed by atoms with van der Waals surface area (Å²) in [5, 5.41) is 4.50. The minimum absolute atomic E-state index is 0.734. The molecule has 12 heavy (non-hydrogen) atoms. The summed E-state index contributed by atoms with van der Waals surface area (Å²) in [7, 11) is 0. The highest BCUT2D eigenvalue weighted by Gasteiger charge is 2.39. The summed E-state index contributed by atoms with van der Waals surface area (Å²) in [5.41, 5.74) is 4.74. The first-order valence-corrected chi connectivity index (χ1v) is 5.25. The molecule has 2 nitrogen and oxygen atoms in total. The van der Waals surface area contributed by atoms with Crippen LogP contribution in [0.25, 0.3) is 0 Å². The predicted molar refractivity (Wildman–Crippen MR) is 49.0 cm³/mol. The van der Waals surface area contributed by atoms with Crippen molar-refractivity contribution in [3.8, 4) is 0 Å². The molecule has 66 valence electrons. The molecule has 1 N–H and O–H groups in total. The largest absolute Gasteiger partial charge is 0.307 e. The molecule has 3 aliphatic rings. The van der Waals surface area contributed by atoms with Crippen LogP contribution in [0.15, 0.2) is 5.10 Å². The fourth-order valence-corrected chi connectivity index (χ4v) is 1.97. The maximum absolute atomic E-state index is 4.50. The van der Waals surface area contributed by atoms with Crippen molar-refractivity contribution in [2.75, 3.05) is 0 Å².